The molecule has 0 aliphatic carbocycles. The monoisotopic (exact) mass is 558 g/mol. The first kappa shape index (κ1) is 27.1. The largest absolute Gasteiger partial charge is 0.488 e. The summed E-state index contributed by atoms with van der Waals surface area (Å²) in [5.41, 5.74) is 5.13. The molecule has 7 nitrogen and oxygen atoms in total. The van der Waals surface area contributed by atoms with Gasteiger partial charge in [0, 0.05) is 19.1 Å². The van der Waals surface area contributed by atoms with Crippen LogP contribution in [0.1, 0.15) is 38.7 Å². The van der Waals surface area contributed by atoms with E-state index in [1.807, 2.05) is 6.92 Å². The Morgan fingerprint density at radius 1 is 1.29 bits per heavy atom. The Bertz CT molecular complexity index is 726. The highest BCUT2D eigenvalue weighted by Gasteiger charge is 2.34. The van der Waals surface area contributed by atoms with Crippen LogP contribution in [0.4, 0.5) is 18.0 Å². The number of rotatable bonds is 7. The second kappa shape index (κ2) is 12.8. The lowest BCUT2D eigenvalue weighted by molar-refractivity contribution is -0.139. The van der Waals surface area contributed by atoms with Crippen molar-refractivity contribution in [2.75, 3.05) is 26.2 Å². The number of nitrogens with one attached hydrogen (secondary N) is 1. The zero-order chi connectivity index (χ0) is 22.1. The average molecular weight is 558 g/mol. The molecule has 1 aromatic rings. The molecule has 1 aliphatic heterocycles. The first-order valence-electron chi connectivity index (χ1n) is 10.1. The second-order valence-corrected chi connectivity index (χ2v) is 6.97. The highest BCUT2D eigenvalue weighted by Crippen LogP contribution is 2.36. The number of hydrogen-bond donors (Lipinski definition) is 2. The van der Waals surface area contributed by atoms with Crippen LogP contribution >= 0.6 is 24.0 Å². The van der Waals surface area contributed by atoms with Gasteiger partial charge in [0.25, 0.3) is 0 Å². The molecule has 176 valence electrons. The minimum absolute atomic E-state index is 0. The lowest BCUT2D eigenvalue weighted by atomic mass is 10.1. The topological polar surface area (TPSA) is 89.2 Å². The number of hydrogen-bond acceptors (Lipinski definition) is 4. The Labute approximate surface area is 197 Å². The quantitative estimate of drug-likeness (QED) is 0.300. The highest BCUT2D eigenvalue weighted by molar-refractivity contribution is 14.0. The molecule has 31 heavy (non-hydrogen) atoms. The second-order valence-electron chi connectivity index (χ2n) is 6.97. The number of amides is 1. The van der Waals surface area contributed by atoms with Crippen LogP contribution in [-0.2, 0) is 10.9 Å². The van der Waals surface area contributed by atoms with Gasteiger partial charge >= 0.3 is 12.3 Å². The molecule has 0 radical (unpaired) electrons. The Balaban J connectivity index is 0.00000480. The van der Waals surface area contributed by atoms with Gasteiger partial charge in [-0.15, -0.1) is 24.0 Å². The fourth-order valence-electron chi connectivity index (χ4n) is 3.11. The van der Waals surface area contributed by atoms with E-state index in [0.29, 0.717) is 39.0 Å². The number of guanidine groups is 1. The van der Waals surface area contributed by atoms with Gasteiger partial charge < -0.3 is 25.4 Å². The van der Waals surface area contributed by atoms with Crippen molar-refractivity contribution < 1.29 is 27.4 Å². The normalized spacial score (nSPS) is 16.3. The van der Waals surface area contributed by atoms with Crippen LogP contribution in [0.5, 0.6) is 5.75 Å². The van der Waals surface area contributed by atoms with Crippen LogP contribution in [-0.4, -0.2) is 55.3 Å². The first-order valence-corrected chi connectivity index (χ1v) is 10.1. The molecule has 0 spiro atoms. The van der Waals surface area contributed by atoms with Crippen molar-refractivity contribution in [2.24, 2.45) is 10.7 Å². The predicted octanol–water partition coefficient (Wildman–Crippen LogP) is 4.01. The number of aliphatic imine (C=N–C) groups is 1. The minimum Gasteiger partial charge on any atom is -0.488 e. The smallest absolute Gasteiger partial charge is 0.419 e. The molecule has 0 bridgehead atoms. The van der Waals surface area contributed by atoms with E-state index in [1.54, 1.807) is 11.8 Å². The van der Waals surface area contributed by atoms with Gasteiger partial charge in [-0.05, 0) is 38.3 Å². The molecule has 1 saturated heterocycles. The van der Waals surface area contributed by atoms with Gasteiger partial charge in [-0.1, -0.05) is 19.1 Å². The third-order valence-corrected chi connectivity index (χ3v) is 4.78. The Morgan fingerprint density at radius 3 is 2.52 bits per heavy atom. The van der Waals surface area contributed by atoms with E-state index in [2.05, 4.69) is 10.3 Å². The molecule has 1 atom stereocenters. The number of alkyl halides is 3. The molecular formula is C20H30F3IN4O3. The number of para-hydroxylation sites is 1. The van der Waals surface area contributed by atoms with Crippen molar-refractivity contribution in [3.8, 4) is 5.75 Å². The fourth-order valence-corrected chi connectivity index (χ4v) is 3.11. The molecule has 0 aromatic heterocycles. The Morgan fingerprint density at radius 2 is 1.94 bits per heavy atom. The van der Waals surface area contributed by atoms with E-state index in [1.165, 1.54) is 18.2 Å². The summed E-state index contributed by atoms with van der Waals surface area (Å²) in [5.74, 6) is -0.0133. The maximum absolute atomic E-state index is 13.1. The average Bonchev–Trinajstić information content (AvgIpc) is 2.71. The molecule has 0 saturated carbocycles. The van der Waals surface area contributed by atoms with Crippen molar-refractivity contribution in [3.05, 3.63) is 29.8 Å². The van der Waals surface area contributed by atoms with Crippen molar-refractivity contribution in [1.29, 1.82) is 0 Å². The molecule has 1 amide bonds. The highest BCUT2D eigenvalue weighted by atomic mass is 127. The van der Waals surface area contributed by atoms with E-state index in [-0.39, 0.29) is 54.4 Å². The van der Waals surface area contributed by atoms with Crippen LogP contribution in [0, 0.1) is 0 Å². The van der Waals surface area contributed by atoms with E-state index < -0.39 is 17.8 Å². The lowest BCUT2D eigenvalue weighted by Crippen LogP contribution is -2.48. The number of likely N-dealkylation sites (tertiary alicyclic amines) is 1. The predicted molar refractivity (Wildman–Crippen MR) is 123 cm³/mol. The maximum Gasteiger partial charge on any atom is 0.419 e. The number of piperidine rings is 1. The van der Waals surface area contributed by atoms with Crippen molar-refractivity contribution in [1.82, 2.24) is 10.2 Å². The SMILES string of the molecule is CCOC(=O)N1CCC(NC(N)=NCC(CC)Oc2ccccc2C(F)(F)F)CC1.I. The summed E-state index contributed by atoms with van der Waals surface area (Å²) in [6.07, 6.45) is -3.49. The molecule has 1 heterocycles. The van der Waals surface area contributed by atoms with Crippen LogP contribution in [0.2, 0.25) is 0 Å². The van der Waals surface area contributed by atoms with Crippen molar-refractivity contribution >= 4 is 36.0 Å². The standard InChI is InChI=1S/C20H29F3N4O3.HI/c1-3-15(30-17-8-6-5-7-16(17)20(21,22)23)13-25-18(24)26-14-9-11-27(12-10-14)19(28)29-4-2;/h5-8,14-15H,3-4,9-13H2,1-2H3,(H3,24,25,26);1H. The summed E-state index contributed by atoms with van der Waals surface area (Å²) in [6, 6.07) is 5.17. The van der Waals surface area contributed by atoms with Gasteiger partial charge in [-0.3, -0.25) is 0 Å². The summed E-state index contributed by atoms with van der Waals surface area (Å²) >= 11 is 0. The third kappa shape index (κ3) is 8.62. The molecular weight excluding hydrogens is 528 g/mol. The molecule has 11 heteroatoms. The number of ether oxygens (including phenoxy) is 2. The van der Waals surface area contributed by atoms with Crippen LogP contribution in [0.15, 0.2) is 29.3 Å². The summed E-state index contributed by atoms with van der Waals surface area (Å²) in [4.78, 5) is 17.6. The number of carbonyl (C=O) groups is 1. The van der Waals surface area contributed by atoms with Crippen molar-refractivity contribution in [3.63, 3.8) is 0 Å². The van der Waals surface area contributed by atoms with Gasteiger partial charge in [0.05, 0.1) is 18.7 Å². The fraction of sp³-hybridized carbons (Fsp3) is 0.600. The summed E-state index contributed by atoms with van der Waals surface area (Å²) in [5, 5.41) is 3.10. The van der Waals surface area contributed by atoms with E-state index >= 15 is 0 Å². The molecule has 3 N–H and O–H groups in total. The lowest BCUT2D eigenvalue weighted by Gasteiger charge is -2.31. The minimum atomic E-state index is -4.49. The number of nitrogens with zero attached hydrogens (tertiary/aromatic N) is 2. The van der Waals surface area contributed by atoms with Crippen LogP contribution < -0.4 is 15.8 Å². The van der Waals surface area contributed by atoms with Gasteiger partial charge in [0.2, 0.25) is 0 Å². The van der Waals surface area contributed by atoms with Gasteiger partial charge in [-0.25, -0.2) is 9.79 Å². The van der Waals surface area contributed by atoms with E-state index in [4.69, 9.17) is 15.2 Å². The molecule has 1 fully saturated rings. The number of carbonyl (C=O) groups excluding carboxylic acids is 1. The summed E-state index contributed by atoms with van der Waals surface area (Å²) in [7, 11) is 0. The Kier molecular flexibility index (Phi) is 11.2. The summed E-state index contributed by atoms with van der Waals surface area (Å²) in [6.45, 7) is 5.15. The number of benzene rings is 1. The van der Waals surface area contributed by atoms with Gasteiger partial charge in [0.1, 0.15) is 11.9 Å². The van der Waals surface area contributed by atoms with E-state index in [9.17, 15) is 18.0 Å². The molecule has 1 aliphatic rings. The maximum atomic E-state index is 13.1. The van der Waals surface area contributed by atoms with E-state index in [0.717, 1.165) is 6.07 Å². The van der Waals surface area contributed by atoms with Crippen molar-refractivity contribution in [2.45, 2.75) is 51.4 Å². The van der Waals surface area contributed by atoms with Crippen LogP contribution in [0.25, 0.3) is 0 Å². The molecule has 1 aromatic carbocycles. The number of halogens is 4. The molecule has 2 rings (SSSR count). The number of nitrogens with two attached hydrogens (primary N) is 1. The zero-order valence-corrected chi connectivity index (χ0v) is 20.0. The van der Waals surface area contributed by atoms with Crippen LogP contribution in [0.3, 0.4) is 0 Å². The summed E-state index contributed by atoms with van der Waals surface area (Å²) < 4.78 is 49.9. The molecule has 1 unspecified atom stereocenters. The first-order chi connectivity index (χ1) is 14.2. The Hall–Kier alpha value is -1.92. The third-order valence-electron chi connectivity index (χ3n) is 4.78. The van der Waals surface area contributed by atoms with Gasteiger partial charge in [0.15, 0.2) is 5.96 Å². The zero-order valence-electron chi connectivity index (χ0n) is 17.7. The van der Waals surface area contributed by atoms with Gasteiger partial charge in [-0.2, -0.15) is 13.2 Å².